The highest BCUT2D eigenvalue weighted by molar-refractivity contribution is 5.86. The van der Waals surface area contributed by atoms with E-state index in [1.54, 1.807) is 30.3 Å². The first-order chi connectivity index (χ1) is 13.0. The molecule has 0 saturated heterocycles. The summed E-state index contributed by atoms with van der Waals surface area (Å²) in [5, 5.41) is 3.72. The maximum Gasteiger partial charge on any atom is 0.387 e. The van der Waals surface area contributed by atoms with Crippen LogP contribution in [0.3, 0.4) is 0 Å². The summed E-state index contributed by atoms with van der Waals surface area (Å²) in [6.45, 7) is -3.34. The average molecular weight is 380 g/mol. The number of ether oxygens (including phenoxy) is 4. The Balaban J connectivity index is 1.97. The van der Waals surface area contributed by atoms with Gasteiger partial charge in [0.15, 0.2) is 29.6 Å². The van der Waals surface area contributed by atoms with Crippen molar-refractivity contribution in [3.63, 3.8) is 0 Å². The lowest BCUT2D eigenvalue weighted by molar-refractivity contribution is -0.123. The molecule has 2 rings (SSSR count). The third-order valence-corrected chi connectivity index (χ3v) is 3.26. The minimum absolute atomic E-state index is 0.116. The minimum atomic E-state index is -3.03. The highest BCUT2D eigenvalue weighted by atomic mass is 19.3. The predicted octanol–water partition coefficient (Wildman–Crippen LogP) is 2.83. The maximum absolute atomic E-state index is 12.6. The third kappa shape index (κ3) is 5.84. The molecule has 1 amide bonds. The molecule has 0 aliphatic carbocycles. The first kappa shape index (κ1) is 20.0. The van der Waals surface area contributed by atoms with Gasteiger partial charge in [0.05, 0.1) is 20.4 Å². The number of hydrogen-bond donors (Lipinski definition) is 1. The second-order valence-corrected chi connectivity index (χ2v) is 4.99. The van der Waals surface area contributed by atoms with Gasteiger partial charge in [-0.15, -0.1) is 0 Å². The van der Waals surface area contributed by atoms with Gasteiger partial charge in [-0.25, -0.2) is 5.43 Å². The molecule has 0 aromatic heterocycles. The monoisotopic (exact) mass is 380 g/mol. The second kappa shape index (κ2) is 9.95. The normalized spacial score (nSPS) is 10.7. The Morgan fingerprint density at radius 2 is 1.74 bits per heavy atom. The van der Waals surface area contributed by atoms with Crippen molar-refractivity contribution in [2.75, 3.05) is 20.8 Å². The van der Waals surface area contributed by atoms with Crippen molar-refractivity contribution < 1.29 is 32.5 Å². The first-order valence-corrected chi connectivity index (χ1v) is 7.74. The number of benzene rings is 2. The van der Waals surface area contributed by atoms with Crippen molar-refractivity contribution in [1.82, 2.24) is 5.43 Å². The van der Waals surface area contributed by atoms with Gasteiger partial charge in [0.2, 0.25) is 0 Å². The smallest absolute Gasteiger partial charge is 0.387 e. The number of halogens is 2. The molecule has 0 bridgehead atoms. The van der Waals surface area contributed by atoms with Crippen LogP contribution in [-0.2, 0) is 4.79 Å². The van der Waals surface area contributed by atoms with Crippen molar-refractivity contribution in [2.24, 2.45) is 5.10 Å². The zero-order chi connectivity index (χ0) is 19.6. The molecule has 2 aromatic carbocycles. The second-order valence-electron chi connectivity index (χ2n) is 4.99. The van der Waals surface area contributed by atoms with Crippen LogP contribution in [0.5, 0.6) is 23.0 Å². The summed E-state index contributed by atoms with van der Waals surface area (Å²) in [6, 6.07) is 11.4. The van der Waals surface area contributed by atoms with Crippen LogP contribution in [0, 0.1) is 0 Å². The topological polar surface area (TPSA) is 78.4 Å². The molecule has 0 saturated carbocycles. The van der Waals surface area contributed by atoms with Gasteiger partial charge in [0.1, 0.15) is 0 Å². The Hall–Kier alpha value is -3.36. The molecule has 27 heavy (non-hydrogen) atoms. The number of rotatable bonds is 9. The van der Waals surface area contributed by atoms with E-state index in [9.17, 15) is 13.6 Å². The minimum Gasteiger partial charge on any atom is -0.493 e. The number of amides is 1. The Morgan fingerprint density at radius 1 is 1.07 bits per heavy atom. The standard InChI is InChI=1S/C18H18F2N2O5/c1-24-13-7-3-4-8-14(13)26-11-16(23)22-21-10-12-6-5-9-15(25-2)17(12)27-18(19)20/h3-10,18H,11H2,1-2H3,(H,22,23)/b21-10-. The Bertz CT molecular complexity index is 799. The molecule has 0 heterocycles. The third-order valence-electron chi connectivity index (χ3n) is 3.26. The lowest BCUT2D eigenvalue weighted by Crippen LogP contribution is -2.24. The van der Waals surface area contributed by atoms with Gasteiger partial charge < -0.3 is 18.9 Å². The number of alkyl halides is 2. The molecular weight excluding hydrogens is 362 g/mol. The van der Waals surface area contributed by atoms with E-state index in [0.29, 0.717) is 11.5 Å². The molecule has 0 spiro atoms. The molecule has 0 unspecified atom stereocenters. The number of hydrogen-bond acceptors (Lipinski definition) is 6. The van der Waals surface area contributed by atoms with Gasteiger partial charge >= 0.3 is 6.61 Å². The van der Waals surface area contributed by atoms with E-state index in [2.05, 4.69) is 15.3 Å². The fourth-order valence-electron chi connectivity index (χ4n) is 2.10. The summed E-state index contributed by atoms with van der Waals surface area (Å²) < 4.78 is 45.0. The molecular formula is C18H18F2N2O5. The van der Waals surface area contributed by atoms with E-state index >= 15 is 0 Å². The molecule has 9 heteroatoms. The average Bonchev–Trinajstić information content (AvgIpc) is 2.67. The van der Waals surface area contributed by atoms with Crippen LogP contribution >= 0.6 is 0 Å². The molecule has 7 nitrogen and oxygen atoms in total. The molecule has 1 N–H and O–H groups in total. The SMILES string of the molecule is COc1ccccc1OCC(=O)N/N=C\c1cccc(OC)c1OC(F)F. The van der Waals surface area contributed by atoms with Crippen LogP contribution in [0.4, 0.5) is 8.78 Å². The largest absolute Gasteiger partial charge is 0.493 e. The number of methoxy groups -OCH3 is 2. The van der Waals surface area contributed by atoms with Gasteiger partial charge in [-0.1, -0.05) is 18.2 Å². The molecule has 0 aliphatic heterocycles. The van der Waals surface area contributed by atoms with E-state index in [4.69, 9.17) is 14.2 Å². The summed E-state index contributed by atoms with van der Waals surface area (Å²) in [7, 11) is 2.81. The van der Waals surface area contributed by atoms with E-state index in [0.717, 1.165) is 0 Å². The number of carbonyl (C=O) groups excluding carboxylic acids is 1. The number of para-hydroxylation sites is 3. The molecule has 0 radical (unpaired) electrons. The highest BCUT2D eigenvalue weighted by Gasteiger charge is 2.14. The lowest BCUT2D eigenvalue weighted by Gasteiger charge is -2.12. The maximum atomic E-state index is 12.6. The molecule has 0 fully saturated rings. The van der Waals surface area contributed by atoms with E-state index in [-0.39, 0.29) is 23.7 Å². The van der Waals surface area contributed by atoms with Crippen LogP contribution in [0.1, 0.15) is 5.56 Å². The Kier molecular flexibility index (Phi) is 7.36. The van der Waals surface area contributed by atoms with Gasteiger partial charge in [0.25, 0.3) is 5.91 Å². The van der Waals surface area contributed by atoms with Crippen LogP contribution in [0.15, 0.2) is 47.6 Å². The number of nitrogens with one attached hydrogen (secondary N) is 1. The van der Waals surface area contributed by atoms with Crippen LogP contribution in [-0.4, -0.2) is 39.6 Å². The van der Waals surface area contributed by atoms with Crippen molar-refractivity contribution >= 4 is 12.1 Å². The van der Waals surface area contributed by atoms with Gasteiger partial charge in [-0.2, -0.15) is 13.9 Å². The van der Waals surface area contributed by atoms with E-state index in [1.165, 1.54) is 32.6 Å². The molecule has 2 aromatic rings. The highest BCUT2D eigenvalue weighted by Crippen LogP contribution is 2.31. The van der Waals surface area contributed by atoms with Gasteiger partial charge in [0, 0.05) is 5.56 Å². The van der Waals surface area contributed by atoms with Crippen molar-refractivity contribution in [3.05, 3.63) is 48.0 Å². The van der Waals surface area contributed by atoms with E-state index in [1.807, 2.05) is 0 Å². The van der Waals surface area contributed by atoms with Crippen molar-refractivity contribution in [3.8, 4) is 23.0 Å². The van der Waals surface area contributed by atoms with Crippen LogP contribution < -0.4 is 24.4 Å². The quantitative estimate of drug-likeness (QED) is 0.535. The van der Waals surface area contributed by atoms with Crippen LogP contribution in [0.25, 0.3) is 0 Å². The lowest BCUT2D eigenvalue weighted by atomic mass is 10.2. The van der Waals surface area contributed by atoms with Crippen molar-refractivity contribution in [1.29, 1.82) is 0 Å². The Labute approximate surface area is 154 Å². The predicted molar refractivity (Wildman–Crippen MR) is 93.9 cm³/mol. The summed E-state index contributed by atoms with van der Waals surface area (Å²) >= 11 is 0. The fraction of sp³-hybridized carbons (Fsp3) is 0.222. The fourth-order valence-corrected chi connectivity index (χ4v) is 2.10. The molecule has 0 aliphatic rings. The number of nitrogens with zero attached hydrogens (tertiary/aromatic N) is 1. The number of hydrazone groups is 1. The Morgan fingerprint density at radius 3 is 2.41 bits per heavy atom. The van der Waals surface area contributed by atoms with E-state index < -0.39 is 12.5 Å². The van der Waals surface area contributed by atoms with Gasteiger partial charge in [-0.3, -0.25) is 4.79 Å². The van der Waals surface area contributed by atoms with Crippen LogP contribution in [0.2, 0.25) is 0 Å². The molecule has 144 valence electrons. The summed E-state index contributed by atoms with van der Waals surface area (Å²) in [5.41, 5.74) is 2.45. The summed E-state index contributed by atoms with van der Waals surface area (Å²) in [4.78, 5) is 11.8. The van der Waals surface area contributed by atoms with Crippen molar-refractivity contribution in [2.45, 2.75) is 6.61 Å². The molecule has 0 atom stereocenters. The zero-order valence-electron chi connectivity index (χ0n) is 14.6. The zero-order valence-corrected chi connectivity index (χ0v) is 14.6. The summed E-state index contributed by atoms with van der Waals surface area (Å²) in [6.07, 6.45) is 1.17. The summed E-state index contributed by atoms with van der Waals surface area (Å²) in [5.74, 6) is 0.276. The van der Waals surface area contributed by atoms with Gasteiger partial charge in [-0.05, 0) is 24.3 Å². The first-order valence-electron chi connectivity index (χ1n) is 7.74. The number of carbonyl (C=O) groups is 1.